The minimum absolute atomic E-state index is 0.0943. The van der Waals surface area contributed by atoms with Crippen molar-refractivity contribution in [3.63, 3.8) is 0 Å². The molecule has 0 radical (unpaired) electrons. The van der Waals surface area contributed by atoms with Gasteiger partial charge < -0.3 is 9.84 Å². The fourth-order valence-electron chi connectivity index (χ4n) is 11.3. The quantitative estimate of drug-likeness (QED) is 0.476. The molecule has 2 spiro atoms. The van der Waals surface area contributed by atoms with Crippen molar-refractivity contribution in [3.8, 4) is 0 Å². The molecule has 3 nitrogen and oxygen atoms in total. The molecular formula is C29H48O3. The van der Waals surface area contributed by atoms with Crippen LogP contribution in [0.5, 0.6) is 0 Å². The molecule has 0 aliphatic heterocycles. The molecule has 0 heterocycles. The molecule has 5 aliphatic carbocycles. The lowest BCUT2D eigenvalue weighted by atomic mass is 9.41. The van der Waals surface area contributed by atoms with Crippen LogP contribution in [0.2, 0.25) is 0 Å². The Kier molecular flexibility index (Phi) is 5.23. The summed E-state index contributed by atoms with van der Waals surface area (Å²) in [7, 11) is 0. The van der Waals surface area contributed by atoms with Gasteiger partial charge in [-0.05, 0) is 116 Å². The first-order chi connectivity index (χ1) is 15.0. The number of carbonyl (C=O) groups is 1. The van der Waals surface area contributed by atoms with Crippen LogP contribution in [0.25, 0.3) is 0 Å². The van der Waals surface area contributed by atoms with E-state index >= 15 is 0 Å². The van der Waals surface area contributed by atoms with Crippen molar-refractivity contribution in [2.24, 2.45) is 50.7 Å². The molecule has 182 valence electrons. The third-order valence-corrected chi connectivity index (χ3v) is 12.9. The van der Waals surface area contributed by atoms with E-state index in [0.29, 0.717) is 34.2 Å². The Bertz CT molecular complexity index is 774. The Morgan fingerprint density at radius 2 is 1.62 bits per heavy atom. The van der Waals surface area contributed by atoms with E-state index < -0.39 is 0 Å². The van der Waals surface area contributed by atoms with Crippen molar-refractivity contribution >= 4 is 5.97 Å². The third-order valence-electron chi connectivity index (χ3n) is 12.9. The minimum atomic E-state index is -0.105. The average Bonchev–Trinajstić information content (AvgIpc) is 3.31. The SMILES string of the molecule is CC(=O)OC1CCC23CC24CCC2(C)C(C(C)CCCO)CCC2(C)C4CCC3C1(C)C. The predicted molar refractivity (Wildman–Crippen MR) is 128 cm³/mol. The first-order valence-corrected chi connectivity index (χ1v) is 13.8. The van der Waals surface area contributed by atoms with Crippen LogP contribution in [0.3, 0.4) is 0 Å². The number of rotatable bonds is 5. The van der Waals surface area contributed by atoms with Crippen molar-refractivity contribution in [3.05, 3.63) is 0 Å². The van der Waals surface area contributed by atoms with Crippen LogP contribution in [0.4, 0.5) is 0 Å². The molecule has 32 heavy (non-hydrogen) atoms. The molecule has 0 amide bonds. The van der Waals surface area contributed by atoms with E-state index in [4.69, 9.17) is 4.74 Å². The lowest BCUT2D eigenvalue weighted by Gasteiger charge is -2.63. The summed E-state index contributed by atoms with van der Waals surface area (Å²) in [4.78, 5) is 11.8. The molecule has 5 fully saturated rings. The van der Waals surface area contributed by atoms with Gasteiger partial charge in [0.25, 0.3) is 0 Å². The molecule has 1 N–H and O–H groups in total. The number of carbonyl (C=O) groups excluding carboxylic acids is 1. The normalized spacial score (nSPS) is 51.6. The maximum Gasteiger partial charge on any atom is 0.302 e. The molecular weight excluding hydrogens is 396 g/mol. The molecule has 3 heteroatoms. The van der Waals surface area contributed by atoms with Gasteiger partial charge in [0.15, 0.2) is 0 Å². The van der Waals surface area contributed by atoms with Crippen LogP contribution >= 0.6 is 0 Å². The standard InChI is InChI=1S/C29H48O3/c1-19(8-7-17-30)21-11-13-27(6)23-10-9-22-25(3,4)24(32-20(2)31)12-14-28(22)18-29(23,28)16-15-26(21,27)5/h19,21-24,30H,7-18H2,1-6H3. The maximum atomic E-state index is 11.8. The monoisotopic (exact) mass is 444 g/mol. The highest BCUT2D eigenvalue weighted by Gasteiger charge is 2.82. The van der Waals surface area contributed by atoms with Crippen LogP contribution in [0, 0.1) is 50.7 Å². The molecule has 9 unspecified atom stereocenters. The van der Waals surface area contributed by atoms with Gasteiger partial charge in [-0.3, -0.25) is 4.79 Å². The Morgan fingerprint density at radius 3 is 2.31 bits per heavy atom. The van der Waals surface area contributed by atoms with Crippen LogP contribution in [-0.2, 0) is 9.53 Å². The van der Waals surface area contributed by atoms with Crippen molar-refractivity contribution < 1.29 is 14.6 Å². The number of fused-ring (bicyclic) bond motifs is 2. The van der Waals surface area contributed by atoms with Gasteiger partial charge in [0.2, 0.25) is 0 Å². The average molecular weight is 445 g/mol. The van der Waals surface area contributed by atoms with Gasteiger partial charge >= 0.3 is 5.97 Å². The summed E-state index contributed by atoms with van der Waals surface area (Å²) in [5.74, 6) is 3.02. The molecule has 9 atom stereocenters. The van der Waals surface area contributed by atoms with E-state index in [1.165, 1.54) is 57.8 Å². The van der Waals surface area contributed by atoms with Crippen molar-refractivity contribution in [1.82, 2.24) is 0 Å². The second-order valence-corrected chi connectivity index (χ2v) is 14.0. The highest BCUT2D eigenvalue weighted by molar-refractivity contribution is 5.66. The zero-order valence-electron chi connectivity index (χ0n) is 21.6. The third kappa shape index (κ3) is 2.73. The zero-order chi connectivity index (χ0) is 23.2. The molecule has 0 aromatic carbocycles. The second kappa shape index (κ2) is 7.22. The molecule has 5 rings (SSSR count). The topological polar surface area (TPSA) is 46.5 Å². The van der Waals surface area contributed by atoms with Gasteiger partial charge in [-0.25, -0.2) is 0 Å². The van der Waals surface area contributed by atoms with E-state index in [2.05, 4.69) is 34.6 Å². The van der Waals surface area contributed by atoms with Gasteiger partial charge in [0, 0.05) is 18.9 Å². The van der Waals surface area contributed by atoms with E-state index in [1.54, 1.807) is 6.92 Å². The Hall–Kier alpha value is -0.570. The van der Waals surface area contributed by atoms with Gasteiger partial charge in [-0.1, -0.05) is 34.6 Å². The molecule has 0 bridgehead atoms. The first kappa shape index (κ1) is 23.2. The highest BCUT2D eigenvalue weighted by atomic mass is 16.5. The summed E-state index contributed by atoms with van der Waals surface area (Å²) in [5, 5.41) is 9.39. The van der Waals surface area contributed by atoms with E-state index in [1.807, 2.05) is 0 Å². The van der Waals surface area contributed by atoms with E-state index in [0.717, 1.165) is 30.6 Å². The number of hydrogen-bond donors (Lipinski definition) is 1. The first-order valence-electron chi connectivity index (χ1n) is 13.8. The summed E-state index contributed by atoms with van der Waals surface area (Å²) in [5.41, 5.74) is 2.09. The largest absolute Gasteiger partial charge is 0.462 e. The van der Waals surface area contributed by atoms with E-state index in [-0.39, 0.29) is 17.5 Å². The number of aliphatic hydroxyl groups is 1. The second-order valence-electron chi connectivity index (χ2n) is 14.0. The predicted octanol–water partition coefficient (Wildman–Crippen LogP) is 6.77. The van der Waals surface area contributed by atoms with Crippen LogP contribution in [0.1, 0.15) is 112 Å². The van der Waals surface area contributed by atoms with Gasteiger partial charge in [0.05, 0.1) is 0 Å². The summed E-state index contributed by atoms with van der Waals surface area (Å²) in [6.45, 7) is 14.6. The number of aliphatic hydroxyl groups excluding tert-OH is 1. The molecule has 0 aromatic rings. The summed E-state index contributed by atoms with van der Waals surface area (Å²) >= 11 is 0. The Balaban J connectivity index is 1.42. The van der Waals surface area contributed by atoms with Crippen molar-refractivity contribution in [1.29, 1.82) is 0 Å². The molecule has 5 aliphatic rings. The minimum Gasteiger partial charge on any atom is -0.462 e. The Morgan fingerprint density at radius 1 is 0.938 bits per heavy atom. The number of esters is 1. The van der Waals surface area contributed by atoms with Crippen molar-refractivity contribution in [2.75, 3.05) is 6.61 Å². The van der Waals surface area contributed by atoms with Gasteiger partial charge in [0.1, 0.15) is 6.10 Å². The van der Waals surface area contributed by atoms with Crippen LogP contribution < -0.4 is 0 Å². The number of hydrogen-bond acceptors (Lipinski definition) is 3. The van der Waals surface area contributed by atoms with Crippen LogP contribution in [-0.4, -0.2) is 23.8 Å². The lowest BCUT2D eigenvalue weighted by molar-refractivity contribution is -0.181. The smallest absolute Gasteiger partial charge is 0.302 e. The summed E-state index contributed by atoms with van der Waals surface area (Å²) in [6, 6.07) is 0. The molecule has 5 saturated carbocycles. The molecule has 0 aromatic heterocycles. The Labute approximate surface area is 196 Å². The molecule has 0 saturated heterocycles. The highest BCUT2D eigenvalue weighted by Crippen LogP contribution is 2.89. The maximum absolute atomic E-state index is 11.8. The van der Waals surface area contributed by atoms with E-state index in [9.17, 15) is 9.90 Å². The fourth-order valence-corrected chi connectivity index (χ4v) is 11.3. The lowest BCUT2D eigenvalue weighted by Crippen LogP contribution is -2.58. The van der Waals surface area contributed by atoms with Gasteiger partial charge in [-0.2, -0.15) is 0 Å². The number of ether oxygens (including phenoxy) is 1. The summed E-state index contributed by atoms with van der Waals surface area (Å²) < 4.78 is 5.87. The van der Waals surface area contributed by atoms with Crippen LogP contribution in [0.15, 0.2) is 0 Å². The van der Waals surface area contributed by atoms with Gasteiger partial charge in [-0.15, -0.1) is 0 Å². The zero-order valence-corrected chi connectivity index (χ0v) is 21.6. The summed E-state index contributed by atoms with van der Waals surface area (Å²) in [6.07, 6.45) is 14.4. The van der Waals surface area contributed by atoms with Crippen molar-refractivity contribution in [2.45, 2.75) is 118 Å². The fraction of sp³-hybridized carbons (Fsp3) is 0.966.